The molecule has 0 saturated heterocycles. The number of hydrogen-bond acceptors (Lipinski definition) is 3. The lowest BCUT2D eigenvalue weighted by molar-refractivity contribution is 0.515. The van der Waals surface area contributed by atoms with Gasteiger partial charge in [0.1, 0.15) is 0 Å². The molecule has 3 heteroatoms. The van der Waals surface area contributed by atoms with Gasteiger partial charge in [0.2, 0.25) is 0 Å². The van der Waals surface area contributed by atoms with Gasteiger partial charge in [-0.25, -0.2) is 4.98 Å². The van der Waals surface area contributed by atoms with Crippen LogP contribution in [0.15, 0.2) is 5.38 Å². The summed E-state index contributed by atoms with van der Waals surface area (Å²) in [7, 11) is 2.06. The van der Waals surface area contributed by atoms with E-state index >= 15 is 0 Å². The minimum atomic E-state index is 0.654. The highest BCUT2D eigenvalue weighted by Gasteiger charge is 2.28. The van der Waals surface area contributed by atoms with Crippen molar-refractivity contribution in [2.75, 3.05) is 7.05 Å². The molecule has 1 heterocycles. The van der Waals surface area contributed by atoms with Crippen LogP contribution in [0, 0.1) is 6.92 Å². The van der Waals surface area contributed by atoms with E-state index < -0.39 is 0 Å². The first-order valence-electron chi connectivity index (χ1n) is 4.90. The monoisotopic (exact) mass is 196 g/mol. The van der Waals surface area contributed by atoms with Crippen molar-refractivity contribution in [3.63, 3.8) is 0 Å². The summed E-state index contributed by atoms with van der Waals surface area (Å²) < 4.78 is 0. The summed E-state index contributed by atoms with van der Waals surface area (Å²) in [4.78, 5) is 4.57. The summed E-state index contributed by atoms with van der Waals surface area (Å²) in [6.07, 6.45) is 3.94. The molecule has 1 saturated carbocycles. The first-order chi connectivity index (χ1) is 6.31. The van der Waals surface area contributed by atoms with Crippen LogP contribution in [0.2, 0.25) is 0 Å². The standard InChI is InChI=1S/C10H16N2S/c1-7-12-10(6-13-7)8-4-3-5-9(8)11-2/h6,8-9,11H,3-5H2,1-2H3. The average molecular weight is 196 g/mol. The molecule has 1 aliphatic carbocycles. The minimum Gasteiger partial charge on any atom is -0.316 e. The van der Waals surface area contributed by atoms with Gasteiger partial charge in [-0.05, 0) is 26.8 Å². The van der Waals surface area contributed by atoms with Crippen LogP contribution in [0.4, 0.5) is 0 Å². The van der Waals surface area contributed by atoms with Gasteiger partial charge < -0.3 is 5.32 Å². The molecule has 2 atom stereocenters. The van der Waals surface area contributed by atoms with Crippen molar-refractivity contribution in [3.8, 4) is 0 Å². The molecular formula is C10H16N2S. The number of thiazole rings is 1. The molecule has 2 nitrogen and oxygen atoms in total. The van der Waals surface area contributed by atoms with Crippen LogP contribution >= 0.6 is 11.3 Å². The first kappa shape index (κ1) is 9.16. The second kappa shape index (κ2) is 3.76. The fourth-order valence-corrected chi connectivity index (χ4v) is 2.89. The van der Waals surface area contributed by atoms with Crippen molar-refractivity contribution in [1.29, 1.82) is 0 Å². The van der Waals surface area contributed by atoms with Crippen molar-refractivity contribution in [3.05, 3.63) is 16.1 Å². The molecule has 1 fully saturated rings. The molecule has 1 N–H and O–H groups in total. The largest absolute Gasteiger partial charge is 0.316 e. The van der Waals surface area contributed by atoms with E-state index in [0.717, 1.165) is 0 Å². The molecule has 13 heavy (non-hydrogen) atoms. The Morgan fingerprint density at radius 2 is 2.38 bits per heavy atom. The molecule has 0 amide bonds. The van der Waals surface area contributed by atoms with E-state index in [4.69, 9.17) is 0 Å². The lowest BCUT2D eigenvalue weighted by Crippen LogP contribution is -2.27. The molecule has 0 aliphatic heterocycles. The Hall–Kier alpha value is -0.410. The van der Waals surface area contributed by atoms with Crippen molar-refractivity contribution >= 4 is 11.3 Å². The summed E-state index contributed by atoms with van der Waals surface area (Å²) in [5.41, 5.74) is 1.30. The average Bonchev–Trinajstić information content (AvgIpc) is 2.71. The highest BCUT2D eigenvalue weighted by Crippen LogP contribution is 2.34. The summed E-state index contributed by atoms with van der Waals surface area (Å²) in [5, 5.41) is 6.80. The highest BCUT2D eigenvalue weighted by molar-refractivity contribution is 7.09. The first-order valence-corrected chi connectivity index (χ1v) is 5.78. The molecule has 1 aromatic rings. The van der Waals surface area contributed by atoms with E-state index in [9.17, 15) is 0 Å². The smallest absolute Gasteiger partial charge is 0.0897 e. The molecule has 72 valence electrons. The maximum absolute atomic E-state index is 4.57. The third-order valence-corrected chi connectivity index (χ3v) is 3.70. The molecule has 0 aromatic carbocycles. The minimum absolute atomic E-state index is 0.654. The van der Waals surface area contributed by atoms with Gasteiger partial charge in [0.15, 0.2) is 0 Å². The Balaban J connectivity index is 2.15. The highest BCUT2D eigenvalue weighted by atomic mass is 32.1. The summed E-state index contributed by atoms with van der Waals surface area (Å²) in [6.45, 7) is 2.08. The predicted molar refractivity (Wildman–Crippen MR) is 56.3 cm³/mol. The van der Waals surface area contributed by atoms with Gasteiger partial charge in [-0.15, -0.1) is 11.3 Å². The molecule has 0 bridgehead atoms. The fraction of sp³-hybridized carbons (Fsp3) is 0.700. The van der Waals surface area contributed by atoms with Crippen molar-refractivity contribution in [2.24, 2.45) is 0 Å². The molecule has 0 radical (unpaired) electrons. The summed E-state index contributed by atoms with van der Waals surface area (Å²) in [6, 6.07) is 0.654. The van der Waals surface area contributed by atoms with Crippen molar-refractivity contribution in [2.45, 2.75) is 38.1 Å². The maximum Gasteiger partial charge on any atom is 0.0897 e. The zero-order valence-corrected chi connectivity index (χ0v) is 9.03. The van der Waals surface area contributed by atoms with E-state index in [1.807, 2.05) is 0 Å². The van der Waals surface area contributed by atoms with Crippen molar-refractivity contribution < 1.29 is 0 Å². The molecule has 2 unspecified atom stereocenters. The third-order valence-electron chi connectivity index (χ3n) is 2.90. The van der Waals surface area contributed by atoms with Crippen LogP contribution in [0.5, 0.6) is 0 Å². The third kappa shape index (κ3) is 1.76. The zero-order valence-electron chi connectivity index (χ0n) is 8.21. The van der Waals surface area contributed by atoms with Crippen LogP contribution in [0.25, 0.3) is 0 Å². The second-order valence-electron chi connectivity index (χ2n) is 3.72. The van der Waals surface area contributed by atoms with Gasteiger partial charge in [-0.1, -0.05) is 6.42 Å². The molecular weight excluding hydrogens is 180 g/mol. The number of rotatable bonds is 2. The quantitative estimate of drug-likeness (QED) is 0.785. The molecule has 2 rings (SSSR count). The molecule has 0 spiro atoms. The normalized spacial score (nSPS) is 28.2. The van der Waals surface area contributed by atoms with E-state index in [0.29, 0.717) is 12.0 Å². The van der Waals surface area contributed by atoms with E-state index in [1.54, 1.807) is 11.3 Å². The van der Waals surface area contributed by atoms with Gasteiger partial charge in [0, 0.05) is 17.3 Å². The Morgan fingerprint density at radius 1 is 1.54 bits per heavy atom. The van der Waals surface area contributed by atoms with Crippen LogP contribution in [0.3, 0.4) is 0 Å². The maximum atomic E-state index is 4.57. The van der Waals surface area contributed by atoms with Crippen LogP contribution < -0.4 is 5.32 Å². The Labute approximate surface area is 83.4 Å². The Bertz CT molecular complexity index is 282. The number of aryl methyl sites for hydroxylation is 1. The lowest BCUT2D eigenvalue weighted by atomic mass is 10.0. The number of nitrogens with zero attached hydrogens (tertiary/aromatic N) is 1. The lowest BCUT2D eigenvalue weighted by Gasteiger charge is -2.16. The van der Waals surface area contributed by atoms with Gasteiger partial charge in [0.05, 0.1) is 10.7 Å². The zero-order chi connectivity index (χ0) is 9.26. The van der Waals surface area contributed by atoms with Crippen LogP contribution in [-0.4, -0.2) is 18.1 Å². The van der Waals surface area contributed by atoms with Crippen LogP contribution in [-0.2, 0) is 0 Å². The fourth-order valence-electron chi connectivity index (χ4n) is 2.21. The van der Waals surface area contributed by atoms with E-state index in [2.05, 4.69) is 29.7 Å². The predicted octanol–water partition coefficient (Wildman–Crippen LogP) is 2.31. The van der Waals surface area contributed by atoms with E-state index in [-0.39, 0.29) is 0 Å². The topological polar surface area (TPSA) is 24.9 Å². The van der Waals surface area contributed by atoms with Crippen LogP contribution in [0.1, 0.15) is 35.9 Å². The number of likely N-dealkylation sites (N-methyl/N-ethyl adjacent to an activating group) is 1. The van der Waals surface area contributed by atoms with Crippen molar-refractivity contribution in [1.82, 2.24) is 10.3 Å². The number of hydrogen-bond donors (Lipinski definition) is 1. The number of aromatic nitrogens is 1. The SMILES string of the molecule is CNC1CCCC1c1csc(C)n1. The van der Waals surface area contributed by atoms with Gasteiger partial charge in [-0.3, -0.25) is 0 Å². The molecule has 1 aromatic heterocycles. The van der Waals surface area contributed by atoms with E-state index in [1.165, 1.54) is 30.0 Å². The Kier molecular flexibility index (Phi) is 2.65. The van der Waals surface area contributed by atoms with Gasteiger partial charge in [-0.2, -0.15) is 0 Å². The molecule has 1 aliphatic rings. The van der Waals surface area contributed by atoms with Gasteiger partial charge in [0.25, 0.3) is 0 Å². The number of nitrogens with one attached hydrogen (secondary N) is 1. The second-order valence-corrected chi connectivity index (χ2v) is 4.79. The Morgan fingerprint density at radius 3 is 3.00 bits per heavy atom. The summed E-state index contributed by atoms with van der Waals surface area (Å²) in [5.74, 6) is 0.662. The van der Waals surface area contributed by atoms with Gasteiger partial charge >= 0.3 is 0 Å². The summed E-state index contributed by atoms with van der Waals surface area (Å²) >= 11 is 1.76.